The number of nitrogens with zero attached hydrogens (tertiary/aromatic N) is 1. The van der Waals surface area contributed by atoms with Crippen molar-refractivity contribution >= 4 is 40.7 Å². The zero-order valence-electron chi connectivity index (χ0n) is 11.7. The molecule has 21 heavy (non-hydrogen) atoms. The first-order valence-electron chi connectivity index (χ1n) is 6.62. The van der Waals surface area contributed by atoms with Gasteiger partial charge in [-0.05, 0) is 25.0 Å². The van der Waals surface area contributed by atoms with Gasteiger partial charge in [-0.1, -0.05) is 37.0 Å². The summed E-state index contributed by atoms with van der Waals surface area (Å²) in [6.45, 7) is 3.45. The Morgan fingerprint density at radius 3 is 2.24 bits per heavy atom. The molecule has 0 unspecified atom stereocenters. The van der Waals surface area contributed by atoms with E-state index in [1.807, 2.05) is 13.8 Å². The number of carbonyl (C=O) groups excluding carboxylic acids is 2. The summed E-state index contributed by atoms with van der Waals surface area (Å²) in [6.07, 6.45) is 0.891. The fourth-order valence-electron chi connectivity index (χ4n) is 2.54. The van der Waals surface area contributed by atoms with Gasteiger partial charge in [0.05, 0.1) is 15.7 Å². The van der Waals surface area contributed by atoms with Gasteiger partial charge in [-0.2, -0.15) is 0 Å². The van der Waals surface area contributed by atoms with E-state index >= 15 is 0 Å². The van der Waals surface area contributed by atoms with Crippen LogP contribution >= 0.6 is 23.2 Å². The Labute approximate surface area is 132 Å². The van der Waals surface area contributed by atoms with Gasteiger partial charge in [-0.3, -0.25) is 14.5 Å². The van der Waals surface area contributed by atoms with Crippen LogP contribution in [0, 0.1) is 5.82 Å². The maximum absolute atomic E-state index is 13.3. The van der Waals surface area contributed by atoms with Crippen molar-refractivity contribution in [3.05, 3.63) is 28.0 Å². The first-order valence-corrected chi connectivity index (χ1v) is 7.37. The smallest absolute Gasteiger partial charge is 0.253 e. The predicted molar refractivity (Wildman–Crippen MR) is 80.2 cm³/mol. The van der Waals surface area contributed by atoms with Gasteiger partial charge in [-0.25, -0.2) is 4.39 Å². The largest absolute Gasteiger partial charge is 0.340 e. The molecule has 1 aromatic carbocycles. The normalized spacial score (nSPS) is 17.9. The fourth-order valence-corrected chi connectivity index (χ4v) is 3.20. The third-order valence-corrected chi connectivity index (χ3v) is 4.37. The number of hydrogen-bond acceptors (Lipinski definition) is 2. The summed E-state index contributed by atoms with van der Waals surface area (Å²) in [5.41, 5.74) is -0.804. The van der Waals surface area contributed by atoms with Crippen molar-refractivity contribution in [1.82, 2.24) is 5.32 Å². The van der Waals surface area contributed by atoms with Crippen LogP contribution in [0.5, 0.6) is 0 Å². The lowest BCUT2D eigenvalue weighted by Crippen LogP contribution is -2.66. The molecule has 1 aliphatic heterocycles. The molecule has 2 rings (SSSR count). The van der Waals surface area contributed by atoms with Crippen LogP contribution < -0.4 is 10.2 Å². The van der Waals surface area contributed by atoms with E-state index in [9.17, 15) is 14.0 Å². The second kappa shape index (κ2) is 5.81. The molecule has 1 aromatic rings. The van der Waals surface area contributed by atoms with Gasteiger partial charge in [0, 0.05) is 0 Å². The second-order valence-corrected chi connectivity index (χ2v) is 5.76. The van der Waals surface area contributed by atoms with Crippen molar-refractivity contribution in [2.45, 2.75) is 32.2 Å². The standard InChI is InChI=1S/C14H15Cl2FN2O2/c1-3-14(4-2)13(21)19(7-11(20)18-14)12-9(15)5-8(17)6-10(12)16/h5-6H,3-4,7H2,1-2H3,(H,18,20). The van der Waals surface area contributed by atoms with Gasteiger partial charge in [0.2, 0.25) is 5.91 Å². The maximum Gasteiger partial charge on any atom is 0.253 e. The Morgan fingerprint density at radius 1 is 1.24 bits per heavy atom. The van der Waals surface area contributed by atoms with E-state index in [1.165, 1.54) is 4.90 Å². The summed E-state index contributed by atoms with van der Waals surface area (Å²) < 4.78 is 13.3. The molecule has 0 radical (unpaired) electrons. The zero-order valence-corrected chi connectivity index (χ0v) is 13.2. The Morgan fingerprint density at radius 2 is 1.76 bits per heavy atom. The third-order valence-electron chi connectivity index (χ3n) is 3.79. The molecule has 0 saturated carbocycles. The molecule has 1 fully saturated rings. The van der Waals surface area contributed by atoms with Crippen LogP contribution in [-0.2, 0) is 9.59 Å². The molecule has 4 nitrogen and oxygen atoms in total. The number of anilines is 1. The minimum absolute atomic E-state index is 0.00385. The molecule has 0 aliphatic carbocycles. The zero-order chi connectivity index (χ0) is 15.8. The molecule has 7 heteroatoms. The number of carbonyl (C=O) groups is 2. The van der Waals surface area contributed by atoms with Crippen LogP contribution in [0.15, 0.2) is 12.1 Å². The van der Waals surface area contributed by atoms with Crippen molar-refractivity contribution in [1.29, 1.82) is 0 Å². The van der Waals surface area contributed by atoms with Crippen LogP contribution in [0.25, 0.3) is 0 Å². The van der Waals surface area contributed by atoms with Crippen molar-refractivity contribution in [2.75, 3.05) is 11.4 Å². The van der Waals surface area contributed by atoms with E-state index in [4.69, 9.17) is 23.2 Å². The monoisotopic (exact) mass is 332 g/mol. The summed E-state index contributed by atoms with van der Waals surface area (Å²) in [5.74, 6) is -1.18. The quantitative estimate of drug-likeness (QED) is 0.924. The molecule has 0 aromatic heterocycles. The van der Waals surface area contributed by atoms with E-state index in [0.717, 1.165) is 12.1 Å². The maximum atomic E-state index is 13.3. The summed E-state index contributed by atoms with van der Waals surface area (Å²) >= 11 is 12.0. The number of nitrogens with one attached hydrogen (secondary N) is 1. The van der Waals surface area contributed by atoms with Gasteiger partial charge >= 0.3 is 0 Å². The fraction of sp³-hybridized carbons (Fsp3) is 0.429. The highest BCUT2D eigenvalue weighted by Crippen LogP contribution is 2.37. The summed E-state index contributed by atoms with van der Waals surface area (Å²) in [5, 5.41) is 2.75. The van der Waals surface area contributed by atoms with E-state index in [0.29, 0.717) is 12.8 Å². The second-order valence-electron chi connectivity index (χ2n) is 4.95. The van der Waals surface area contributed by atoms with Crippen molar-refractivity contribution in [2.24, 2.45) is 0 Å². The Balaban J connectivity index is 2.53. The summed E-state index contributed by atoms with van der Waals surface area (Å²) in [7, 11) is 0. The average molecular weight is 333 g/mol. The van der Waals surface area contributed by atoms with Crippen LogP contribution in [0.2, 0.25) is 10.0 Å². The summed E-state index contributed by atoms with van der Waals surface area (Å²) in [6, 6.07) is 2.14. The molecular weight excluding hydrogens is 318 g/mol. The van der Waals surface area contributed by atoms with Crippen LogP contribution in [0.3, 0.4) is 0 Å². The lowest BCUT2D eigenvalue weighted by atomic mass is 9.88. The number of benzene rings is 1. The van der Waals surface area contributed by atoms with E-state index in [1.54, 1.807) is 0 Å². The van der Waals surface area contributed by atoms with Crippen LogP contribution in [-0.4, -0.2) is 23.9 Å². The third kappa shape index (κ3) is 2.72. The van der Waals surface area contributed by atoms with E-state index < -0.39 is 11.4 Å². The van der Waals surface area contributed by atoms with Crippen molar-refractivity contribution in [3.8, 4) is 0 Å². The van der Waals surface area contributed by atoms with Crippen molar-refractivity contribution < 1.29 is 14.0 Å². The number of halogens is 3. The van der Waals surface area contributed by atoms with Gasteiger partial charge in [0.25, 0.3) is 5.91 Å². The molecule has 0 bridgehead atoms. The molecule has 2 amide bonds. The lowest BCUT2D eigenvalue weighted by molar-refractivity contribution is -0.136. The van der Waals surface area contributed by atoms with Crippen molar-refractivity contribution in [3.63, 3.8) is 0 Å². The molecule has 1 N–H and O–H groups in total. The Hall–Kier alpha value is -1.33. The van der Waals surface area contributed by atoms with E-state index in [-0.39, 0.29) is 34.1 Å². The number of rotatable bonds is 3. The topological polar surface area (TPSA) is 49.4 Å². The number of piperazine rings is 1. The van der Waals surface area contributed by atoms with Crippen LogP contribution in [0.1, 0.15) is 26.7 Å². The molecular formula is C14H15Cl2FN2O2. The summed E-state index contributed by atoms with van der Waals surface area (Å²) in [4.78, 5) is 25.9. The van der Waals surface area contributed by atoms with Gasteiger partial charge in [0.15, 0.2) is 0 Å². The first-order chi connectivity index (χ1) is 9.84. The van der Waals surface area contributed by atoms with E-state index in [2.05, 4.69) is 5.32 Å². The molecule has 1 heterocycles. The number of hydrogen-bond donors (Lipinski definition) is 1. The van der Waals surface area contributed by atoms with Gasteiger partial charge < -0.3 is 5.32 Å². The molecule has 1 saturated heterocycles. The predicted octanol–water partition coefficient (Wildman–Crippen LogP) is 3.15. The Kier molecular flexibility index (Phi) is 4.44. The SMILES string of the molecule is CCC1(CC)NC(=O)CN(c2c(Cl)cc(F)cc2Cl)C1=O. The first kappa shape index (κ1) is 16.0. The number of amides is 2. The highest BCUT2D eigenvalue weighted by molar-refractivity contribution is 6.40. The van der Waals surface area contributed by atoms with Gasteiger partial charge in [0.1, 0.15) is 17.9 Å². The minimum Gasteiger partial charge on any atom is -0.340 e. The molecule has 114 valence electrons. The lowest BCUT2D eigenvalue weighted by Gasteiger charge is -2.41. The average Bonchev–Trinajstić information content (AvgIpc) is 2.41. The highest BCUT2D eigenvalue weighted by atomic mass is 35.5. The Bertz CT molecular complexity index is 580. The molecule has 1 aliphatic rings. The van der Waals surface area contributed by atoms with Crippen LogP contribution in [0.4, 0.5) is 10.1 Å². The molecule has 0 spiro atoms. The van der Waals surface area contributed by atoms with Gasteiger partial charge in [-0.15, -0.1) is 0 Å². The minimum atomic E-state index is -0.976. The molecule has 0 atom stereocenters. The highest BCUT2D eigenvalue weighted by Gasteiger charge is 2.45.